The van der Waals surface area contributed by atoms with Crippen molar-refractivity contribution in [3.63, 3.8) is 0 Å². The van der Waals surface area contributed by atoms with Gasteiger partial charge in [0.25, 0.3) is 5.91 Å². The van der Waals surface area contributed by atoms with Crippen molar-refractivity contribution >= 4 is 27.6 Å². The summed E-state index contributed by atoms with van der Waals surface area (Å²) in [5.74, 6) is -0.362. The van der Waals surface area contributed by atoms with Crippen LogP contribution in [0.3, 0.4) is 0 Å². The molecule has 1 aliphatic rings. The minimum atomic E-state index is -3.52. The highest BCUT2D eigenvalue weighted by molar-refractivity contribution is 7.89. The number of methoxy groups -OCH3 is 3. The number of rotatable bonds is 9. The average Bonchev–Trinajstić information content (AvgIpc) is 2.97. The van der Waals surface area contributed by atoms with E-state index in [1.165, 1.54) is 37.8 Å². The number of anilines is 1. The first-order chi connectivity index (χ1) is 18.8. The number of hydrogen-bond donors (Lipinski definition) is 1. The maximum atomic E-state index is 13.1. The van der Waals surface area contributed by atoms with E-state index >= 15 is 0 Å². The van der Waals surface area contributed by atoms with Crippen molar-refractivity contribution in [3.8, 4) is 11.5 Å². The van der Waals surface area contributed by atoms with Crippen LogP contribution in [0.15, 0.2) is 71.6 Å². The molecule has 1 amide bonds. The summed E-state index contributed by atoms with van der Waals surface area (Å²) in [6.07, 6.45) is 0. The molecular formula is C28H31N3O7S. The van der Waals surface area contributed by atoms with Gasteiger partial charge in [-0.2, -0.15) is 4.31 Å². The molecule has 206 valence electrons. The van der Waals surface area contributed by atoms with Crippen LogP contribution in [0, 0.1) is 0 Å². The Hall–Kier alpha value is -3.93. The molecule has 0 aromatic heterocycles. The fourth-order valence-corrected chi connectivity index (χ4v) is 5.84. The minimum Gasteiger partial charge on any atom is -0.493 e. The zero-order chi connectivity index (χ0) is 28.0. The van der Waals surface area contributed by atoms with Gasteiger partial charge in [-0.25, -0.2) is 13.2 Å². The fourth-order valence-electron chi connectivity index (χ4n) is 4.39. The van der Waals surface area contributed by atoms with Crippen molar-refractivity contribution in [2.75, 3.05) is 52.8 Å². The number of nitrogens with one attached hydrogen (secondary N) is 1. The first kappa shape index (κ1) is 28.1. The van der Waals surface area contributed by atoms with Gasteiger partial charge >= 0.3 is 5.97 Å². The van der Waals surface area contributed by atoms with E-state index in [2.05, 4.69) is 10.2 Å². The van der Waals surface area contributed by atoms with E-state index in [0.29, 0.717) is 54.7 Å². The number of hydrogen-bond acceptors (Lipinski definition) is 8. The summed E-state index contributed by atoms with van der Waals surface area (Å²) in [5, 5.41) is 2.77. The van der Waals surface area contributed by atoms with Gasteiger partial charge in [-0.15, -0.1) is 0 Å². The van der Waals surface area contributed by atoms with Gasteiger partial charge in [0.2, 0.25) is 10.0 Å². The molecule has 0 aliphatic carbocycles. The van der Waals surface area contributed by atoms with Gasteiger partial charge in [0, 0.05) is 50.4 Å². The normalized spacial score (nSPS) is 14.4. The van der Waals surface area contributed by atoms with E-state index in [0.717, 1.165) is 5.56 Å². The highest BCUT2D eigenvalue weighted by Crippen LogP contribution is 2.34. The Morgan fingerprint density at radius 2 is 1.51 bits per heavy atom. The van der Waals surface area contributed by atoms with E-state index < -0.39 is 21.9 Å². The van der Waals surface area contributed by atoms with Crippen LogP contribution in [0.4, 0.5) is 5.69 Å². The predicted molar refractivity (Wildman–Crippen MR) is 146 cm³/mol. The highest BCUT2D eigenvalue weighted by atomic mass is 32.2. The molecule has 1 saturated heterocycles. The van der Waals surface area contributed by atoms with E-state index in [1.807, 2.05) is 6.07 Å². The molecule has 10 nitrogen and oxygen atoms in total. The number of piperazine rings is 1. The van der Waals surface area contributed by atoms with Crippen LogP contribution in [0.1, 0.15) is 26.3 Å². The van der Waals surface area contributed by atoms with Crippen LogP contribution in [0.2, 0.25) is 0 Å². The summed E-state index contributed by atoms with van der Waals surface area (Å²) in [5.41, 5.74) is 1.67. The summed E-state index contributed by atoms with van der Waals surface area (Å²) in [6.45, 7) is 2.46. The van der Waals surface area contributed by atoms with Crippen LogP contribution in [-0.2, 0) is 21.3 Å². The first-order valence-electron chi connectivity index (χ1n) is 12.3. The molecule has 39 heavy (non-hydrogen) atoms. The molecule has 3 aromatic rings. The molecule has 0 bridgehead atoms. The number of nitrogens with zero attached hydrogens (tertiary/aromatic N) is 2. The second kappa shape index (κ2) is 12.3. The Morgan fingerprint density at radius 1 is 0.846 bits per heavy atom. The largest absolute Gasteiger partial charge is 0.493 e. The number of carbonyl (C=O) groups excluding carboxylic acids is 2. The van der Waals surface area contributed by atoms with E-state index in [9.17, 15) is 18.0 Å². The minimum absolute atomic E-state index is 0.128. The molecule has 1 N–H and O–H groups in total. The first-order valence-corrected chi connectivity index (χ1v) is 13.7. The Balaban J connectivity index is 1.44. The molecule has 1 fully saturated rings. The third kappa shape index (κ3) is 6.39. The second-order valence-corrected chi connectivity index (χ2v) is 10.8. The number of ether oxygens (including phenoxy) is 3. The predicted octanol–water partition coefficient (Wildman–Crippen LogP) is 3.25. The molecule has 0 atom stereocenters. The van der Waals surface area contributed by atoms with Crippen LogP contribution in [-0.4, -0.2) is 77.0 Å². The molecule has 4 rings (SSSR count). The summed E-state index contributed by atoms with van der Waals surface area (Å²) < 4.78 is 42.8. The molecule has 0 saturated carbocycles. The van der Waals surface area contributed by atoms with E-state index in [1.54, 1.807) is 48.5 Å². The lowest BCUT2D eigenvalue weighted by Crippen LogP contribution is -2.48. The van der Waals surface area contributed by atoms with Gasteiger partial charge in [-0.3, -0.25) is 9.69 Å². The van der Waals surface area contributed by atoms with Crippen molar-refractivity contribution in [3.05, 3.63) is 83.4 Å². The van der Waals surface area contributed by atoms with E-state index in [4.69, 9.17) is 14.2 Å². The number of benzene rings is 3. The second-order valence-electron chi connectivity index (χ2n) is 8.89. The molecular weight excluding hydrogens is 522 g/mol. The van der Waals surface area contributed by atoms with Gasteiger partial charge in [-0.05, 0) is 29.8 Å². The summed E-state index contributed by atoms with van der Waals surface area (Å²) in [7, 11) is 0.641. The van der Waals surface area contributed by atoms with Crippen molar-refractivity contribution in [1.29, 1.82) is 0 Å². The van der Waals surface area contributed by atoms with Crippen molar-refractivity contribution in [2.45, 2.75) is 11.4 Å². The van der Waals surface area contributed by atoms with E-state index in [-0.39, 0.29) is 11.3 Å². The molecule has 1 aliphatic heterocycles. The van der Waals surface area contributed by atoms with Gasteiger partial charge in [-0.1, -0.05) is 30.3 Å². The number of sulfonamides is 1. The third-order valence-electron chi connectivity index (χ3n) is 6.48. The zero-order valence-corrected chi connectivity index (χ0v) is 22.9. The number of carbonyl (C=O) groups is 2. The number of esters is 1. The standard InChI is InChI=1S/C28H31N3O7S/c1-36-25-17-23(28(33)38-3)24(18-26(25)37-2)29-27(32)21-9-7-8-20(16-21)19-30-12-14-31(15-13-30)39(34,35)22-10-5-4-6-11-22/h4-11,16-18H,12-15,19H2,1-3H3,(H,29,32). The van der Waals surface area contributed by atoms with Crippen molar-refractivity contribution in [1.82, 2.24) is 9.21 Å². The van der Waals surface area contributed by atoms with Crippen molar-refractivity contribution < 1.29 is 32.2 Å². The maximum Gasteiger partial charge on any atom is 0.340 e. The highest BCUT2D eigenvalue weighted by Gasteiger charge is 2.28. The smallest absolute Gasteiger partial charge is 0.340 e. The van der Waals surface area contributed by atoms with Crippen LogP contribution in [0.25, 0.3) is 0 Å². The Kier molecular flexibility index (Phi) is 8.85. The van der Waals surface area contributed by atoms with Gasteiger partial charge < -0.3 is 19.5 Å². The monoisotopic (exact) mass is 553 g/mol. The molecule has 0 radical (unpaired) electrons. The van der Waals surface area contributed by atoms with Crippen molar-refractivity contribution in [2.24, 2.45) is 0 Å². The fraction of sp³-hybridized carbons (Fsp3) is 0.286. The summed E-state index contributed by atoms with van der Waals surface area (Å²) in [4.78, 5) is 27.9. The number of amides is 1. The Bertz CT molecular complexity index is 1440. The molecule has 1 heterocycles. The zero-order valence-electron chi connectivity index (χ0n) is 22.0. The summed E-state index contributed by atoms with van der Waals surface area (Å²) in [6, 6.07) is 18.6. The molecule has 3 aromatic carbocycles. The van der Waals surface area contributed by atoms with Crippen LogP contribution in [0.5, 0.6) is 11.5 Å². The average molecular weight is 554 g/mol. The molecule has 0 spiro atoms. The molecule has 11 heteroatoms. The van der Waals surface area contributed by atoms with Crippen LogP contribution >= 0.6 is 0 Å². The lowest BCUT2D eigenvalue weighted by atomic mass is 10.1. The topological polar surface area (TPSA) is 114 Å². The maximum absolute atomic E-state index is 13.1. The van der Waals surface area contributed by atoms with Crippen LogP contribution < -0.4 is 14.8 Å². The van der Waals surface area contributed by atoms with Gasteiger partial charge in [0.1, 0.15) is 0 Å². The molecule has 0 unspecified atom stereocenters. The Labute approximate surface area is 228 Å². The SMILES string of the molecule is COC(=O)c1cc(OC)c(OC)cc1NC(=O)c1cccc(CN2CCN(S(=O)(=O)c3ccccc3)CC2)c1. The Morgan fingerprint density at radius 3 is 2.15 bits per heavy atom. The van der Waals surface area contributed by atoms with Gasteiger partial charge in [0.05, 0.1) is 37.5 Å². The lowest BCUT2D eigenvalue weighted by Gasteiger charge is -2.34. The lowest BCUT2D eigenvalue weighted by molar-refractivity contribution is 0.0601. The quantitative estimate of drug-likeness (QED) is 0.402. The van der Waals surface area contributed by atoms with Gasteiger partial charge in [0.15, 0.2) is 11.5 Å². The third-order valence-corrected chi connectivity index (χ3v) is 8.40. The summed E-state index contributed by atoms with van der Waals surface area (Å²) >= 11 is 0.